The summed E-state index contributed by atoms with van der Waals surface area (Å²) in [6, 6.07) is 4.19. The van der Waals surface area contributed by atoms with Crippen LogP contribution in [0.2, 0.25) is 0 Å². The Hall–Kier alpha value is -3.33. The van der Waals surface area contributed by atoms with Crippen LogP contribution in [0.3, 0.4) is 0 Å². The van der Waals surface area contributed by atoms with Crippen molar-refractivity contribution < 1.29 is 50.9 Å². The first-order valence-corrected chi connectivity index (χ1v) is 10.9. The fourth-order valence-corrected chi connectivity index (χ4v) is 3.60. The zero-order valence-electron chi connectivity index (χ0n) is 19.3. The molecule has 204 valence electrons. The number of pyridine rings is 1. The lowest BCUT2D eigenvalue weighted by Gasteiger charge is -2.19. The van der Waals surface area contributed by atoms with Crippen LogP contribution in [0.1, 0.15) is 34.9 Å². The normalized spacial score (nSPS) is 17.8. The van der Waals surface area contributed by atoms with Gasteiger partial charge in [0, 0.05) is 56.7 Å². The monoisotopic (exact) mass is 538 g/mol. The lowest BCUT2D eigenvalue weighted by atomic mass is 9.96. The van der Waals surface area contributed by atoms with E-state index in [-0.39, 0.29) is 0 Å². The molecule has 0 amide bonds. The highest BCUT2D eigenvalue weighted by Gasteiger charge is 2.38. The van der Waals surface area contributed by atoms with Crippen molar-refractivity contribution in [1.82, 2.24) is 19.9 Å². The molecule has 2 aromatic heterocycles. The van der Waals surface area contributed by atoms with Crippen molar-refractivity contribution in [2.75, 3.05) is 26.3 Å². The Labute approximate surface area is 207 Å². The molecule has 9 nitrogen and oxygen atoms in total. The Morgan fingerprint density at radius 1 is 0.973 bits per heavy atom. The zero-order chi connectivity index (χ0) is 27.6. The first-order valence-electron chi connectivity index (χ1n) is 10.9. The van der Waals surface area contributed by atoms with E-state index < -0.39 is 24.3 Å². The molecule has 2 aromatic rings. The number of carboxylic acid groups (broad SMARTS) is 2. The van der Waals surface area contributed by atoms with E-state index in [0.717, 1.165) is 52.1 Å². The molecule has 2 N–H and O–H groups in total. The minimum Gasteiger partial charge on any atom is -0.475 e. The predicted molar refractivity (Wildman–Crippen MR) is 115 cm³/mol. The predicted octanol–water partition coefficient (Wildman–Crippen LogP) is 3.24. The van der Waals surface area contributed by atoms with Crippen molar-refractivity contribution in [1.29, 1.82) is 0 Å². The van der Waals surface area contributed by atoms with E-state index in [4.69, 9.17) is 24.5 Å². The van der Waals surface area contributed by atoms with Crippen LogP contribution in [0, 0.1) is 0 Å². The molecule has 2 aliphatic heterocycles. The molecule has 0 bridgehead atoms. The molecule has 0 spiro atoms. The molecular weight excluding hydrogens is 514 g/mol. The van der Waals surface area contributed by atoms with Crippen molar-refractivity contribution in [3.8, 4) is 0 Å². The lowest BCUT2D eigenvalue weighted by Crippen LogP contribution is -2.26. The number of aliphatic carboxylic acids is 2. The van der Waals surface area contributed by atoms with Gasteiger partial charge in [0.2, 0.25) is 0 Å². The van der Waals surface area contributed by atoms with E-state index in [9.17, 15) is 26.3 Å². The number of carboxylic acids is 2. The third-order valence-corrected chi connectivity index (χ3v) is 5.37. The summed E-state index contributed by atoms with van der Waals surface area (Å²) in [5.41, 5.74) is 5.17. The van der Waals surface area contributed by atoms with Crippen molar-refractivity contribution in [2.24, 2.45) is 0 Å². The molecule has 1 fully saturated rings. The van der Waals surface area contributed by atoms with E-state index in [0.29, 0.717) is 5.92 Å². The summed E-state index contributed by atoms with van der Waals surface area (Å²) in [5.74, 6) is -5.06. The zero-order valence-corrected chi connectivity index (χ0v) is 19.3. The second-order valence-corrected chi connectivity index (χ2v) is 7.98. The third kappa shape index (κ3) is 9.92. The summed E-state index contributed by atoms with van der Waals surface area (Å²) in [7, 11) is 0. The number of nitrogens with zero attached hydrogens (tertiary/aromatic N) is 4. The van der Waals surface area contributed by atoms with Gasteiger partial charge >= 0.3 is 24.3 Å². The van der Waals surface area contributed by atoms with Crippen molar-refractivity contribution >= 4 is 11.9 Å². The van der Waals surface area contributed by atoms with Crippen LogP contribution in [0.5, 0.6) is 0 Å². The Morgan fingerprint density at radius 2 is 1.54 bits per heavy atom. The van der Waals surface area contributed by atoms with E-state index in [1.54, 1.807) is 6.33 Å². The second kappa shape index (κ2) is 13.3. The fourth-order valence-electron chi connectivity index (χ4n) is 3.60. The van der Waals surface area contributed by atoms with Crippen LogP contribution < -0.4 is 0 Å². The highest BCUT2D eigenvalue weighted by molar-refractivity contribution is 5.73. The minimum atomic E-state index is -5.08. The Kier molecular flexibility index (Phi) is 10.7. The molecule has 37 heavy (non-hydrogen) atoms. The highest BCUT2D eigenvalue weighted by atomic mass is 19.4. The van der Waals surface area contributed by atoms with Gasteiger partial charge in [-0.05, 0) is 36.1 Å². The molecule has 1 saturated heterocycles. The van der Waals surface area contributed by atoms with Crippen LogP contribution in [0.4, 0.5) is 26.3 Å². The van der Waals surface area contributed by atoms with Gasteiger partial charge in [0.1, 0.15) is 6.33 Å². The number of fused-ring (bicyclic) bond motifs is 1. The summed E-state index contributed by atoms with van der Waals surface area (Å²) < 4.78 is 69.0. The second-order valence-electron chi connectivity index (χ2n) is 7.98. The maximum atomic E-state index is 10.6. The van der Waals surface area contributed by atoms with E-state index in [1.165, 1.54) is 22.5 Å². The molecule has 15 heteroatoms. The number of halogens is 6. The summed E-state index contributed by atoms with van der Waals surface area (Å²) >= 11 is 0. The minimum absolute atomic E-state index is 0.457. The van der Waals surface area contributed by atoms with Crippen LogP contribution in [-0.2, 0) is 33.7 Å². The highest BCUT2D eigenvalue weighted by Crippen LogP contribution is 2.29. The molecule has 0 radical (unpaired) electrons. The Bertz CT molecular complexity index is 1010. The topological polar surface area (TPSA) is 126 Å². The Morgan fingerprint density at radius 3 is 2.05 bits per heavy atom. The van der Waals surface area contributed by atoms with Gasteiger partial charge in [-0.2, -0.15) is 26.3 Å². The molecule has 1 unspecified atom stereocenters. The number of carbonyl (C=O) groups is 2. The summed E-state index contributed by atoms with van der Waals surface area (Å²) in [4.78, 5) is 33.6. The number of aromatic nitrogens is 3. The quantitative estimate of drug-likeness (QED) is 0.567. The molecule has 0 aliphatic carbocycles. The first kappa shape index (κ1) is 29.9. The van der Waals surface area contributed by atoms with Crippen LogP contribution in [0.15, 0.2) is 30.9 Å². The van der Waals surface area contributed by atoms with Gasteiger partial charge in [0.15, 0.2) is 0 Å². The SMILES string of the molecule is O=C(O)C(F)(F)F.O=C(O)C(F)(F)F.c1cc(CN2CCc3ncnc(C4CCOC4)c3CC2)ccn1. The Balaban J connectivity index is 0.000000286. The lowest BCUT2D eigenvalue weighted by molar-refractivity contribution is -0.193. The van der Waals surface area contributed by atoms with Crippen molar-refractivity contribution in [2.45, 2.75) is 44.1 Å². The van der Waals surface area contributed by atoms with Gasteiger partial charge in [0.25, 0.3) is 0 Å². The van der Waals surface area contributed by atoms with E-state index in [2.05, 4.69) is 32.0 Å². The number of alkyl halides is 6. The van der Waals surface area contributed by atoms with Gasteiger partial charge < -0.3 is 14.9 Å². The average molecular weight is 538 g/mol. The van der Waals surface area contributed by atoms with Gasteiger partial charge in [-0.1, -0.05) is 0 Å². The molecular formula is C22H24F6N4O5. The number of hydrogen-bond acceptors (Lipinski definition) is 7. The van der Waals surface area contributed by atoms with Gasteiger partial charge in [0.05, 0.1) is 12.3 Å². The van der Waals surface area contributed by atoms with Gasteiger partial charge in [-0.15, -0.1) is 0 Å². The first-order chi connectivity index (χ1) is 17.3. The van der Waals surface area contributed by atoms with Crippen molar-refractivity contribution in [3.05, 3.63) is 53.4 Å². The van der Waals surface area contributed by atoms with E-state index in [1.807, 2.05) is 12.4 Å². The van der Waals surface area contributed by atoms with Crippen LogP contribution in [-0.4, -0.2) is 80.7 Å². The molecule has 2 aliphatic rings. The number of ether oxygens (including phenoxy) is 1. The molecule has 4 rings (SSSR count). The van der Waals surface area contributed by atoms with E-state index >= 15 is 0 Å². The average Bonchev–Trinajstić information content (AvgIpc) is 3.28. The summed E-state index contributed by atoms with van der Waals surface area (Å²) in [6.07, 6.45) is -1.57. The number of hydrogen-bond donors (Lipinski definition) is 2. The summed E-state index contributed by atoms with van der Waals surface area (Å²) in [5, 5.41) is 14.2. The van der Waals surface area contributed by atoms with Crippen LogP contribution >= 0.6 is 0 Å². The molecule has 0 saturated carbocycles. The van der Waals surface area contributed by atoms with Gasteiger partial charge in [-0.25, -0.2) is 19.6 Å². The largest absolute Gasteiger partial charge is 0.490 e. The number of rotatable bonds is 3. The maximum Gasteiger partial charge on any atom is 0.490 e. The van der Waals surface area contributed by atoms with Gasteiger partial charge in [-0.3, -0.25) is 9.88 Å². The van der Waals surface area contributed by atoms with Crippen LogP contribution in [0.25, 0.3) is 0 Å². The fraction of sp³-hybridized carbons (Fsp3) is 0.500. The smallest absolute Gasteiger partial charge is 0.475 e. The third-order valence-electron chi connectivity index (χ3n) is 5.37. The molecule has 4 heterocycles. The van der Waals surface area contributed by atoms with Crippen molar-refractivity contribution in [3.63, 3.8) is 0 Å². The summed E-state index contributed by atoms with van der Waals surface area (Å²) in [6.45, 7) is 4.75. The molecule has 1 atom stereocenters. The molecule has 0 aromatic carbocycles. The maximum absolute atomic E-state index is 10.6. The standard InChI is InChI=1S/C18H22N4O.2C2HF3O2/c1-6-19-7-2-14(1)11-22-8-3-16-17(4-9-22)20-13-21-18(16)15-5-10-23-12-15;2*3-2(4,5)1(6)7/h1-2,6-7,13,15H,3-5,8-12H2;2*(H,6,7).